The zero-order chi connectivity index (χ0) is 27.7. The van der Waals surface area contributed by atoms with Crippen LogP contribution in [0.4, 0.5) is 11.4 Å². The number of carbonyl (C=O) groups excluding carboxylic acids is 2. The number of benzene rings is 2. The molecule has 206 valence electrons. The van der Waals surface area contributed by atoms with Crippen molar-refractivity contribution in [3.05, 3.63) is 82.2 Å². The van der Waals surface area contributed by atoms with Crippen molar-refractivity contribution in [3.8, 4) is 0 Å². The molecule has 0 bridgehead atoms. The molecular weight excluding hydrogens is 490 g/mol. The Morgan fingerprint density at radius 1 is 1.00 bits per heavy atom. The Balaban J connectivity index is 1.50. The summed E-state index contributed by atoms with van der Waals surface area (Å²) in [6.07, 6.45) is 0.874. The van der Waals surface area contributed by atoms with Gasteiger partial charge in [0.1, 0.15) is 0 Å². The van der Waals surface area contributed by atoms with E-state index >= 15 is 0 Å². The van der Waals surface area contributed by atoms with Crippen molar-refractivity contribution < 1.29 is 19.1 Å². The smallest absolute Gasteiger partial charge is 0.337 e. The minimum Gasteiger partial charge on any atom is -0.460 e. The van der Waals surface area contributed by atoms with Crippen LogP contribution in [0.5, 0.6) is 0 Å². The van der Waals surface area contributed by atoms with E-state index in [4.69, 9.17) is 9.47 Å². The highest BCUT2D eigenvalue weighted by molar-refractivity contribution is 6.04. The second-order valence-corrected chi connectivity index (χ2v) is 11.1. The van der Waals surface area contributed by atoms with Gasteiger partial charge in [0.25, 0.3) is 0 Å². The average molecular weight is 530 g/mol. The van der Waals surface area contributed by atoms with E-state index < -0.39 is 5.92 Å². The molecule has 7 nitrogen and oxygen atoms in total. The Kier molecular flexibility index (Phi) is 7.80. The molecule has 1 aliphatic carbocycles. The molecule has 7 heteroatoms. The lowest BCUT2D eigenvalue weighted by Crippen LogP contribution is -2.37. The first kappa shape index (κ1) is 27.0. The number of rotatable bonds is 6. The molecule has 0 unspecified atom stereocenters. The molecule has 0 radical (unpaired) electrons. The van der Waals surface area contributed by atoms with Gasteiger partial charge in [-0.2, -0.15) is 0 Å². The molecule has 3 aliphatic rings. The third-order valence-corrected chi connectivity index (χ3v) is 7.87. The van der Waals surface area contributed by atoms with Gasteiger partial charge in [-0.3, -0.25) is 4.79 Å². The number of hydrogen-bond donors (Lipinski definition) is 1. The van der Waals surface area contributed by atoms with Gasteiger partial charge < -0.3 is 24.6 Å². The summed E-state index contributed by atoms with van der Waals surface area (Å²) in [5, 5.41) is 3.45. The maximum atomic E-state index is 13.9. The zero-order valence-electron chi connectivity index (χ0n) is 23.6. The summed E-state index contributed by atoms with van der Waals surface area (Å²) in [4.78, 5) is 31.6. The van der Waals surface area contributed by atoms with Gasteiger partial charge in [-0.15, -0.1) is 0 Å². The highest BCUT2D eigenvalue weighted by atomic mass is 16.5. The predicted octanol–water partition coefficient (Wildman–Crippen LogP) is 4.90. The SMILES string of the molecule is CC1=C(C(=O)OC(C)C)[C@@H](c2ccc(N3CCOCC3)cc2)C2=C(C[C@@H](c3ccc(N(C)C)cc3)CC2=O)N1. The number of nitrogens with zero attached hydrogens (tertiary/aromatic N) is 2. The molecule has 39 heavy (non-hydrogen) atoms. The number of anilines is 2. The van der Waals surface area contributed by atoms with Gasteiger partial charge in [0.2, 0.25) is 0 Å². The van der Waals surface area contributed by atoms with E-state index in [0.717, 1.165) is 47.0 Å². The minimum absolute atomic E-state index is 0.0787. The maximum Gasteiger partial charge on any atom is 0.337 e. The fourth-order valence-corrected chi connectivity index (χ4v) is 5.90. The second-order valence-electron chi connectivity index (χ2n) is 11.1. The first-order valence-electron chi connectivity index (χ1n) is 13.9. The molecule has 0 aromatic heterocycles. The van der Waals surface area contributed by atoms with Crippen molar-refractivity contribution in [2.75, 3.05) is 50.2 Å². The van der Waals surface area contributed by atoms with Crippen LogP contribution in [0.3, 0.4) is 0 Å². The monoisotopic (exact) mass is 529 g/mol. The molecule has 5 rings (SSSR count). The molecule has 0 amide bonds. The van der Waals surface area contributed by atoms with Gasteiger partial charge in [0.05, 0.1) is 24.9 Å². The van der Waals surface area contributed by atoms with E-state index in [2.05, 4.69) is 63.6 Å². The second kappa shape index (κ2) is 11.3. The number of dihydropyridines is 1. The number of nitrogens with one attached hydrogen (secondary N) is 1. The van der Waals surface area contributed by atoms with E-state index in [1.807, 2.05) is 34.9 Å². The predicted molar refractivity (Wildman–Crippen MR) is 154 cm³/mol. The van der Waals surface area contributed by atoms with Crippen molar-refractivity contribution in [3.63, 3.8) is 0 Å². The van der Waals surface area contributed by atoms with Crippen LogP contribution < -0.4 is 15.1 Å². The molecule has 0 spiro atoms. The third-order valence-electron chi connectivity index (χ3n) is 7.87. The summed E-state index contributed by atoms with van der Waals surface area (Å²) in [5.41, 5.74) is 7.20. The summed E-state index contributed by atoms with van der Waals surface area (Å²) in [5.74, 6) is -0.676. The van der Waals surface area contributed by atoms with Crippen molar-refractivity contribution in [1.29, 1.82) is 0 Å². The number of ketones is 1. The van der Waals surface area contributed by atoms with Crippen LogP contribution in [0.15, 0.2) is 71.1 Å². The molecule has 2 heterocycles. The van der Waals surface area contributed by atoms with E-state index in [1.165, 1.54) is 0 Å². The number of allylic oxidation sites excluding steroid dienone is 3. The highest BCUT2D eigenvalue weighted by Crippen LogP contribution is 2.46. The first-order valence-corrected chi connectivity index (χ1v) is 13.9. The van der Waals surface area contributed by atoms with Gasteiger partial charge in [-0.1, -0.05) is 24.3 Å². The van der Waals surface area contributed by atoms with E-state index in [1.54, 1.807) is 0 Å². The quantitative estimate of drug-likeness (QED) is 0.534. The molecular formula is C32H39N3O4. The molecule has 1 fully saturated rings. The fourth-order valence-electron chi connectivity index (χ4n) is 5.90. The Hall–Kier alpha value is -3.58. The van der Waals surface area contributed by atoms with Gasteiger partial charge in [0, 0.05) is 67.9 Å². The molecule has 0 saturated carbocycles. The molecule has 2 aromatic carbocycles. The standard InChI is InChI=1S/C32H39N3O4/c1-20(2)39-32(37)29-21(3)33-27-18-24(22-6-10-25(11-7-22)34(4)5)19-28(36)31(27)30(29)23-8-12-26(13-9-23)35-14-16-38-17-15-35/h6-13,20,24,30,33H,14-19H2,1-5H3/t24-,30-/m1/s1. The summed E-state index contributed by atoms with van der Waals surface area (Å²) in [6.45, 7) is 8.73. The van der Waals surface area contributed by atoms with Crippen molar-refractivity contribution >= 4 is 23.1 Å². The molecule has 1 N–H and O–H groups in total. The van der Waals surface area contributed by atoms with Crippen molar-refractivity contribution in [1.82, 2.24) is 5.32 Å². The third kappa shape index (κ3) is 5.59. The number of ether oxygens (including phenoxy) is 2. The van der Waals surface area contributed by atoms with Crippen molar-refractivity contribution in [2.24, 2.45) is 0 Å². The van der Waals surface area contributed by atoms with E-state index in [0.29, 0.717) is 37.2 Å². The Morgan fingerprint density at radius 3 is 2.26 bits per heavy atom. The van der Waals surface area contributed by atoms with Crippen LogP contribution in [0.1, 0.15) is 56.6 Å². The van der Waals surface area contributed by atoms with Gasteiger partial charge in [-0.05, 0) is 68.5 Å². The number of morpholine rings is 1. The summed E-state index contributed by atoms with van der Waals surface area (Å²) < 4.78 is 11.2. The largest absolute Gasteiger partial charge is 0.460 e. The van der Waals surface area contributed by atoms with E-state index in [-0.39, 0.29) is 23.8 Å². The maximum absolute atomic E-state index is 13.9. The molecule has 1 saturated heterocycles. The van der Waals surface area contributed by atoms with Crippen LogP contribution in [-0.4, -0.2) is 58.3 Å². The average Bonchev–Trinajstić information content (AvgIpc) is 2.92. The fraction of sp³-hybridized carbons (Fsp3) is 0.438. The van der Waals surface area contributed by atoms with Crippen LogP contribution in [0.2, 0.25) is 0 Å². The minimum atomic E-state index is -0.462. The van der Waals surface area contributed by atoms with Crippen LogP contribution in [0.25, 0.3) is 0 Å². The molecule has 2 aliphatic heterocycles. The first-order chi connectivity index (χ1) is 18.7. The lowest BCUT2D eigenvalue weighted by Gasteiger charge is -2.37. The Morgan fingerprint density at radius 2 is 1.64 bits per heavy atom. The number of hydrogen-bond acceptors (Lipinski definition) is 7. The summed E-state index contributed by atoms with van der Waals surface area (Å²) >= 11 is 0. The highest BCUT2D eigenvalue weighted by Gasteiger charge is 2.41. The molecule has 2 atom stereocenters. The lowest BCUT2D eigenvalue weighted by atomic mass is 9.71. The topological polar surface area (TPSA) is 71.1 Å². The Bertz CT molecular complexity index is 1290. The number of Topliss-reactive ketones (excluding diaryl/α,β-unsaturated/α-hetero) is 1. The number of esters is 1. The van der Waals surface area contributed by atoms with Gasteiger partial charge >= 0.3 is 5.97 Å². The number of carbonyl (C=O) groups is 2. The van der Waals surface area contributed by atoms with Gasteiger partial charge in [-0.25, -0.2) is 4.79 Å². The normalized spacial score (nSPS) is 21.6. The van der Waals surface area contributed by atoms with E-state index in [9.17, 15) is 9.59 Å². The lowest BCUT2D eigenvalue weighted by molar-refractivity contribution is -0.143. The zero-order valence-corrected chi connectivity index (χ0v) is 23.6. The summed E-state index contributed by atoms with van der Waals surface area (Å²) in [7, 11) is 4.04. The Labute approximate surface area is 231 Å². The van der Waals surface area contributed by atoms with Gasteiger partial charge in [0.15, 0.2) is 5.78 Å². The van der Waals surface area contributed by atoms with Crippen molar-refractivity contribution in [2.45, 2.75) is 51.6 Å². The summed E-state index contributed by atoms with van der Waals surface area (Å²) in [6, 6.07) is 16.7. The van der Waals surface area contributed by atoms with Crippen LogP contribution in [-0.2, 0) is 19.1 Å². The van der Waals surface area contributed by atoms with Crippen LogP contribution >= 0.6 is 0 Å². The molecule has 2 aromatic rings. The van der Waals surface area contributed by atoms with Crippen LogP contribution in [0, 0.1) is 0 Å².